The number of carbonyl (C=O) groups is 1. The molecule has 0 aromatic rings. The Hall–Kier alpha value is -1.18. The van der Waals surface area contributed by atoms with Gasteiger partial charge >= 0.3 is 5.97 Å². The summed E-state index contributed by atoms with van der Waals surface area (Å²) in [4.78, 5) is 11.9. The van der Waals surface area contributed by atoms with Crippen molar-refractivity contribution >= 4 is 11.7 Å². The number of nitrogens with zero attached hydrogens (tertiary/aromatic N) is 1. The summed E-state index contributed by atoms with van der Waals surface area (Å²) in [5, 5.41) is 31.2. The molecule has 0 aromatic carbocycles. The highest BCUT2D eigenvalue weighted by atomic mass is 16.6. The van der Waals surface area contributed by atoms with Crippen LogP contribution in [0, 0.1) is 0 Å². The van der Waals surface area contributed by atoms with Crippen LogP contribution in [0.3, 0.4) is 0 Å². The van der Waals surface area contributed by atoms with Gasteiger partial charge in [0.25, 0.3) is 0 Å². The highest BCUT2D eigenvalue weighted by molar-refractivity contribution is 5.92. The standard InChI is InChI=1S/C18H33NO6/c1-2-3-4-5-6-7-8-9-10-11-16(21)25-18-14(19-23)13-24-15(12-20)17(18)22/h15,17-18,20,22-23H,2-13H2,1H3/t15-,17-,18-/m1/s1. The highest BCUT2D eigenvalue weighted by Gasteiger charge is 2.39. The van der Waals surface area contributed by atoms with E-state index < -0.39 is 30.9 Å². The molecule has 1 aliphatic rings. The summed E-state index contributed by atoms with van der Waals surface area (Å²) in [5.74, 6) is -0.438. The summed E-state index contributed by atoms with van der Waals surface area (Å²) in [7, 11) is 0. The molecule has 1 heterocycles. The SMILES string of the molecule is CCCCCCCCCCCC(=O)O[C@@H]1C(=NO)CO[C@H](CO)[C@H]1O. The van der Waals surface area contributed by atoms with Crippen LogP contribution in [0.1, 0.15) is 71.1 Å². The van der Waals surface area contributed by atoms with Crippen LogP contribution in [0.15, 0.2) is 5.16 Å². The molecule has 1 saturated heterocycles. The lowest BCUT2D eigenvalue weighted by molar-refractivity contribution is -0.161. The fourth-order valence-electron chi connectivity index (χ4n) is 2.93. The first-order valence-corrected chi connectivity index (χ1v) is 9.44. The molecular formula is C18H33NO6. The van der Waals surface area contributed by atoms with Crippen molar-refractivity contribution in [2.24, 2.45) is 5.16 Å². The van der Waals surface area contributed by atoms with Gasteiger partial charge in [-0.05, 0) is 6.42 Å². The molecular weight excluding hydrogens is 326 g/mol. The van der Waals surface area contributed by atoms with Crippen molar-refractivity contribution in [3.05, 3.63) is 0 Å². The topological polar surface area (TPSA) is 109 Å². The largest absolute Gasteiger partial charge is 0.453 e. The van der Waals surface area contributed by atoms with Crippen molar-refractivity contribution in [3.8, 4) is 0 Å². The number of hydrogen-bond acceptors (Lipinski definition) is 7. The average molecular weight is 359 g/mol. The number of oxime groups is 1. The van der Waals surface area contributed by atoms with Crippen molar-refractivity contribution in [1.29, 1.82) is 0 Å². The van der Waals surface area contributed by atoms with Crippen molar-refractivity contribution in [3.63, 3.8) is 0 Å². The predicted molar refractivity (Wildman–Crippen MR) is 93.8 cm³/mol. The van der Waals surface area contributed by atoms with Crippen LogP contribution in [0.25, 0.3) is 0 Å². The lowest BCUT2D eigenvalue weighted by Crippen LogP contribution is -2.53. The van der Waals surface area contributed by atoms with Crippen LogP contribution in [0.5, 0.6) is 0 Å². The number of aliphatic hydroxyl groups excluding tert-OH is 2. The minimum atomic E-state index is -1.24. The van der Waals surface area contributed by atoms with Crippen molar-refractivity contribution < 1.29 is 29.7 Å². The van der Waals surface area contributed by atoms with Gasteiger partial charge in [-0.3, -0.25) is 4.79 Å². The third kappa shape index (κ3) is 8.16. The lowest BCUT2D eigenvalue weighted by Gasteiger charge is -2.33. The van der Waals surface area contributed by atoms with Gasteiger partial charge in [0, 0.05) is 6.42 Å². The second kappa shape index (κ2) is 13.1. The number of ether oxygens (including phenoxy) is 2. The van der Waals surface area contributed by atoms with Gasteiger partial charge < -0.3 is 24.9 Å². The molecule has 0 aromatic heterocycles. The Bertz CT molecular complexity index is 401. The molecule has 25 heavy (non-hydrogen) atoms. The summed E-state index contributed by atoms with van der Waals surface area (Å²) in [6.07, 6.45) is 7.52. The maximum Gasteiger partial charge on any atom is 0.306 e. The number of esters is 1. The van der Waals surface area contributed by atoms with E-state index in [0.29, 0.717) is 0 Å². The van der Waals surface area contributed by atoms with E-state index in [-0.39, 0.29) is 18.7 Å². The molecule has 3 N–H and O–H groups in total. The highest BCUT2D eigenvalue weighted by Crippen LogP contribution is 2.18. The first kappa shape index (κ1) is 21.9. The molecule has 7 nitrogen and oxygen atoms in total. The number of hydrogen-bond donors (Lipinski definition) is 3. The first-order valence-electron chi connectivity index (χ1n) is 9.44. The molecule has 7 heteroatoms. The third-order valence-electron chi connectivity index (χ3n) is 4.52. The van der Waals surface area contributed by atoms with E-state index in [1.807, 2.05) is 0 Å². The second-order valence-corrected chi connectivity index (χ2v) is 6.60. The molecule has 1 fully saturated rings. The normalized spacial score (nSPS) is 25.2. The minimum Gasteiger partial charge on any atom is -0.453 e. The fourth-order valence-corrected chi connectivity index (χ4v) is 2.93. The van der Waals surface area contributed by atoms with Gasteiger partial charge in [-0.2, -0.15) is 0 Å². The number of unbranched alkanes of at least 4 members (excludes halogenated alkanes) is 8. The molecule has 0 radical (unpaired) electrons. The zero-order valence-corrected chi connectivity index (χ0v) is 15.2. The van der Waals surface area contributed by atoms with E-state index in [1.165, 1.54) is 38.5 Å². The summed E-state index contributed by atoms with van der Waals surface area (Å²) < 4.78 is 10.4. The Kier molecular flexibility index (Phi) is 11.4. The Labute approximate surface area is 150 Å². The van der Waals surface area contributed by atoms with Crippen molar-refractivity contribution in [1.82, 2.24) is 0 Å². The van der Waals surface area contributed by atoms with Gasteiger partial charge in [-0.15, -0.1) is 0 Å². The zero-order chi connectivity index (χ0) is 18.5. The number of carbonyl (C=O) groups excluding carboxylic acids is 1. The molecule has 1 rings (SSSR count). The summed E-state index contributed by atoms with van der Waals surface area (Å²) >= 11 is 0. The predicted octanol–water partition coefficient (Wildman–Crippen LogP) is 2.40. The molecule has 3 atom stereocenters. The van der Waals surface area contributed by atoms with Gasteiger partial charge in [0.15, 0.2) is 6.10 Å². The van der Waals surface area contributed by atoms with Crippen molar-refractivity contribution in [2.45, 2.75) is 89.4 Å². The Morgan fingerprint density at radius 3 is 2.32 bits per heavy atom. The van der Waals surface area contributed by atoms with Crippen molar-refractivity contribution in [2.75, 3.05) is 13.2 Å². The first-order chi connectivity index (χ1) is 12.1. The van der Waals surface area contributed by atoms with Crippen LogP contribution in [-0.4, -0.2) is 58.6 Å². The fraction of sp³-hybridized carbons (Fsp3) is 0.889. The second-order valence-electron chi connectivity index (χ2n) is 6.60. The molecule has 0 saturated carbocycles. The van der Waals surface area contributed by atoms with Crippen LogP contribution < -0.4 is 0 Å². The minimum absolute atomic E-state index is 0.0534. The van der Waals surface area contributed by atoms with Crippen LogP contribution in [-0.2, 0) is 14.3 Å². The van der Waals surface area contributed by atoms with Gasteiger partial charge in [-0.25, -0.2) is 0 Å². The number of rotatable bonds is 12. The molecule has 0 spiro atoms. The van der Waals surface area contributed by atoms with Crippen LogP contribution in [0.4, 0.5) is 0 Å². The summed E-state index contributed by atoms with van der Waals surface area (Å²) in [5.41, 5.74) is 0.0534. The van der Waals surface area contributed by atoms with E-state index >= 15 is 0 Å². The monoisotopic (exact) mass is 359 g/mol. The van der Waals surface area contributed by atoms with E-state index in [4.69, 9.17) is 19.8 Å². The maximum atomic E-state index is 11.9. The van der Waals surface area contributed by atoms with Gasteiger partial charge in [0.05, 0.1) is 13.2 Å². The Morgan fingerprint density at radius 2 is 1.76 bits per heavy atom. The number of aliphatic hydroxyl groups is 2. The average Bonchev–Trinajstić information content (AvgIpc) is 2.62. The lowest BCUT2D eigenvalue weighted by atomic mass is 10.0. The van der Waals surface area contributed by atoms with Gasteiger partial charge in [0.2, 0.25) is 0 Å². The van der Waals surface area contributed by atoms with Crippen LogP contribution >= 0.6 is 0 Å². The molecule has 146 valence electrons. The summed E-state index contributed by atoms with van der Waals surface area (Å²) in [6, 6.07) is 0. The Morgan fingerprint density at radius 1 is 1.16 bits per heavy atom. The van der Waals surface area contributed by atoms with E-state index in [1.54, 1.807) is 0 Å². The molecule has 0 amide bonds. The smallest absolute Gasteiger partial charge is 0.306 e. The zero-order valence-electron chi connectivity index (χ0n) is 15.2. The van der Waals surface area contributed by atoms with Crippen LogP contribution in [0.2, 0.25) is 0 Å². The molecule has 0 unspecified atom stereocenters. The molecule has 1 aliphatic heterocycles. The van der Waals surface area contributed by atoms with E-state index in [2.05, 4.69) is 12.1 Å². The third-order valence-corrected chi connectivity index (χ3v) is 4.52. The Balaban J connectivity index is 2.20. The van der Waals surface area contributed by atoms with Gasteiger partial charge in [0.1, 0.15) is 17.9 Å². The molecule has 0 bridgehead atoms. The maximum absolute atomic E-state index is 11.9. The van der Waals surface area contributed by atoms with E-state index in [9.17, 15) is 9.90 Å². The van der Waals surface area contributed by atoms with Gasteiger partial charge in [-0.1, -0.05) is 63.4 Å². The summed E-state index contributed by atoms with van der Waals surface area (Å²) in [6.45, 7) is 1.72. The van der Waals surface area contributed by atoms with E-state index in [0.717, 1.165) is 19.3 Å². The quantitative estimate of drug-likeness (QED) is 0.214. The molecule has 0 aliphatic carbocycles.